The van der Waals surface area contributed by atoms with Crippen molar-refractivity contribution in [1.82, 2.24) is 14.8 Å². The van der Waals surface area contributed by atoms with E-state index in [4.69, 9.17) is 11.6 Å². The van der Waals surface area contributed by atoms with Crippen LogP contribution in [-0.4, -0.2) is 39.8 Å². The van der Waals surface area contributed by atoms with Crippen LogP contribution in [0.2, 0.25) is 5.02 Å². The van der Waals surface area contributed by atoms with Gasteiger partial charge in [0.2, 0.25) is 0 Å². The summed E-state index contributed by atoms with van der Waals surface area (Å²) in [5, 5.41) is 3.36. The first-order valence-electron chi connectivity index (χ1n) is 9.38. The molecule has 30 heavy (non-hydrogen) atoms. The Bertz CT molecular complexity index is 1150. The first kappa shape index (κ1) is 18.6. The highest BCUT2D eigenvalue weighted by Crippen LogP contribution is 2.49. The number of aromatic nitrogens is 1. The summed E-state index contributed by atoms with van der Waals surface area (Å²) in [6.45, 7) is 0.697. The third kappa shape index (κ3) is 2.59. The van der Waals surface area contributed by atoms with Gasteiger partial charge in [0.25, 0.3) is 5.91 Å². The number of nitrogens with one attached hydrogen (secondary N) is 1. The molecule has 0 spiro atoms. The van der Waals surface area contributed by atoms with Crippen LogP contribution in [0, 0.1) is 5.82 Å². The van der Waals surface area contributed by atoms with Crippen molar-refractivity contribution in [3.63, 3.8) is 0 Å². The highest BCUT2D eigenvalue weighted by Gasteiger charge is 2.60. The van der Waals surface area contributed by atoms with Gasteiger partial charge in [0.1, 0.15) is 5.82 Å². The third-order valence-electron chi connectivity index (χ3n) is 5.59. The van der Waals surface area contributed by atoms with Gasteiger partial charge >= 0.3 is 6.03 Å². The molecule has 3 aromatic rings. The van der Waals surface area contributed by atoms with Gasteiger partial charge in [-0.1, -0.05) is 23.7 Å². The number of carbonyl (C=O) groups is 2. The molecular formula is C22H16ClFN4O2. The Morgan fingerprint density at radius 3 is 2.53 bits per heavy atom. The molecule has 0 aliphatic carbocycles. The van der Waals surface area contributed by atoms with Crippen molar-refractivity contribution in [2.75, 3.05) is 18.4 Å². The molecule has 8 heteroatoms. The number of fused-ring (bicyclic) bond motifs is 3. The summed E-state index contributed by atoms with van der Waals surface area (Å²) in [4.78, 5) is 34.0. The Hall–Kier alpha value is -3.45. The number of carbonyl (C=O) groups excluding carboxylic acids is 2. The lowest BCUT2D eigenvalue weighted by Gasteiger charge is -2.40. The number of halogens is 2. The van der Waals surface area contributed by atoms with Gasteiger partial charge in [-0.2, -0.15) is 0 Å². The van der Waals surface area contributed by atoms with Gasteiger partial charge in [-0.3, -0.25) is 14.7 Å². The van der Waals surface area contributed by atoms with Crippen LogP contribution in [0.25, 0.3) is 0 Å². The molecular weight excluding hydrogens is 407 g/mol. The second kappa shape index (κ2) is 6.81. The Labute approximate surface area is 176 Å². The number of amides is 3. The number of rotatable bonds is 2. The van der Waals surface area contributed by atoms with Crippen LogP contribution < -0.4 is 5.32 Å². The van der Waals surface area contributed by atoms with Crippen LogP contribution >= 0.6 is 11.6 Å². The second-order valence-electron chi connectivity index (χ2n) is 7.15. The first-order chi connectivity index (χ1) is 14.5. The van der Waals surface area contributed by atoms with Crippen molar-refractivity contribution in [2.45, 2.75) is 5.66 Å². The van der Waals surface area contributed by atoms with Crippen LogP contribution in [-0.2, 0) is 5.66 Å². The molecule has 5 rings (SSSR count). The van der Waals surface area contributed by atoms with Crippen molar-refractivity contribution in [3.8, 4) is 0 Å². The minimum Gasteiger partial charge on any atom is -0.308 e. The summed E-state index contributed by atoms with van der Waals surface area (Å²) in [7, 11) is 0. The number of anilines is 1. The highest BCUT2D eigenvalue weighted by atomic mass is 35.5. The quantitative estimate of drug-likeness (QED) is 0.676. The van der Waals surface area contributed by atoms with E-state index in [2.05, 4.69) is 10.3 Å². The zero-order valence-corrected chi connectivity index (χ0v) is 16.4. The lowest BCUT2D eigenvalue weighted by Crippen LogP contribution is -2.52. The van der Waals surface area contributed by atoms with Gasteiger partial charge in [-0.05, 0) is 42.5 Å². The van der Waals surface area contributed by atoms with E-state index in [1.54, 1.807) is 40.4 Å². The van der Waals surface area contributed by atoms with Crippen LogP contribution in [0.5, 0.6) is 0 Å². The average molecular weight is 423 g/mol. The molecule has 1 atom stereocenters. The second-order valence-corrected chi connectivity index (χ2v) is 7.58. The zero-order valence-electron chi connectivity index (χ0n) is 15.7. The van der Waals surface area contributed by atoms with Crippen molar-refractivity contribution in [3.05, 3.63) is 94.5 Å². The van der Waals surface area contributed by atoms with Gasteiger partial charge < -0.3 is 10.2 Å². The van der Waals surface area contributed by atoms with Crippen molar-refractivity contribution < 1.29 is 14.0 Å². The van der Waals surface area contributed by atoms with Gasteiger partial charge in [0.15, 0.2) is 5.66 Å². The van der Waals surface area contributed by atoms with E-state index in [1.165, 1.54) is 24.3 Å². The maximum Gasteiger partial charge on any atom is 0.324 e. The first-order valence-corrected chi connectivity index (χ1v) is 9.76. The molecule has 6 nitrogen and oxygen atoms in total. The van der Waals surface area contributed by atoms with Crippen LogP contribution in [0.4, 0.5) is 14.9 Å². The molecule has 150 valence electrons. The number of benzene rings is 2. The molecule has 0 saturated carbocycles. The number of urea groups is 1. The number of hydrogen-bond donors (Lipinski definition) is 1. The molecule has 2 aliphatic rings. The molecule has 2 aromatic carbocycles. The van der Waals surface area contributed by atoms with Crippen LogP contribution in [0.1, 0.15) is 21.5 Å². The summed E-state index contributed by atoms with van der Waals surface area (Å²) in [6, 6.07) is 13.9. The smallest absolute Gasteiger partial charge is 0.308 e. The lowest BCUT2D eigenvalue weighted by atomic mass is 9.91. The molecule has 3 amide bonds. The highest BCUT2D eigenvalue weighted by molar-refractivity contribution is 6.30. The molecule has 1 aromatic heterocycles. The van der Waals surface area contributed by atoms with E-state index < -0.39 is 11.7 Å². The SMILES string of the molecule is O=C(Nc1ccc(F)cc1)N1CCN2C(=O)c3ccncc3C12c1ccc(Cl)cc1. The zero-order chi connectivity index (χ0) is 20.9. The minimum absolute atomic E-state index is 0.153. The van der Waals surface area contributed by atoms with E-state index in [-0.39, 0.29) is 11.7 Å². The van der Waals surface area contributed by atoms with Crippen molar-refractivity contribution in [2.24, 2.45) is 0 Å². The summed E-state index contributed by atoms with van der Waals surface area (Å²) >= 11 is 6.09. The monoisotopic (exact) mass is 422 g/mol. The molecule has 1 fully saturated rings. The van der Waals surface area contributed by atoms with E-state index >= 15 is 0 Å². The van der Waals surface area contributed by atoms with Gasteiger partial charge in [-0.15, -0.1) is 0 Å². The maximum absolute atomic E-state index is 13.3. The molecule has 3 heterocycles. The summed E-state index contributed by atoms with van der Waals surface area (Å²) < 4.78 is 13.2. The van der Waals surface area contributed by atoms with Crippen LogP contribution in [0.3, 0.4) is 0 Å². The lowest BCUT2D eigenvalue weighted by molar-refractivity contribution is 0.0559. The van der Waals surface area contributed by atoms with Crippen molar-refractivity contribution in [1.29, 1.82) is 0 Å². The Morgan fingerprint density at radius 1 is 1.07 bits per heavy atom. The Morgan fingerprint density at radius 2 is 1.80 bits per heavy atom. The number of pyridine rings is 1. The Kier molecular flexibility index (Phi) is 4.22. The fraction of sp³-hybridized carbons (Fsp3) is 0.136. The van der Waals surface area contributed by atoms with E-state index in [0.29, 0.717) is 34.9 Å². The van der Waals surface area contributed by atoms with Gasteiger partial charge in [-0.25, -0.2) is 9.18 Å². The van der Waals surface area contributed by atoms with E-state index in [9.17, 15) is 14.0 Å². The fourth-order valence-electron chi connectivity index (χ4n) is 4.33. The molecule has 1 unspecified atom stereocenters. The Balaban J connectivity index is 1.64. The average Bonchev–Trinajstić information content (AvgIpc) is 3.26. The standard InChI is InChI=1S/C22H16ClFN4O2/c23-15-3-1-14(2-4-15)22-19-13-25-10-9-18(19)20(29)27(22)11-12-28(22)21(30)26-17-7-5-16(24)6-8-17/h1-10,13H,11-12H2,(H,26,30). The van der Waals surface area contributed by atoms with Crippen LogP contribution in [0.15, 0.2) is 67.0 Å². The summed E-state index contributed by atoms with van der Waals surface area (Å²) in [5.74, 6) is -0.543. The normalized spacial score (nSPS) is 19.6. The molecule has 0 bridgehead atoms. The van der Waals surface area contributed by atoms with E-state index in [1.807, 2.05) is 12.1 Å². The molecule has 1 N–H and O–H groups in total. The molecule has 0 radical (unpaired) electrons. The van der Waals surface area contributed by atoms with Crippen molar-refractivity contribution >= 4 is 29.2 Å². The van der Waals surface area contributed by atoms with E-state index in [0.717, 1.165) is 5.56 Å². The minimum atomic E-state index is -1.13. The number of nitrogens with zero attached hydrogens (tertiary/aromatic N) is 3. The number of hydrogen-bond acceptors (Lipinski definition) is 3. The summed E-state index contributed by atoms with van der Waals surface area (Å²) in [5.41, 5.74) is 1.22. The predicted octanol–water partition coefficient (Wildman–Crippen LogP) is 4.08. The molecule has 1 saturated heterocycles. The predicted molar refractivity (Wildman–Crippen MR) is 110 cm³/mol. The topological polar surface area (TPSA) is 65.5 Å². The molecule has 2 aliphatic heterocycles. The third-order valence-corrected chi connectivity index (χ3v) is 5.84. The fourth-order valence-corrected chi connectivity index (χ4v) is 4.46. The largest absolute Gasteiger partial charge is 0.324 e. The summed E-state index contributed by atoms with van der Waals surface area (Å²) in [6.07, 6.45) is 3.20. The van der Waals surface area contributed by atoms with Gasteiger partial charge in [0, 0.05) is 47.3 Å². The van der Waals surface area contributed by atoms with Gasteiger partial charge in [0.05, 0.1) is 5.56 Å². The maximum atomic E-state index is 13.3.